The molecule has 5 aromatic carbocycles. The molecular formula is C57H48N2S. The van der Waals surface area contributed by atoms with E-state index < -0.39 is 0 Å². The van der Waals surface area contributed by atoms with Crippen LogP contribution in [-0.2, 0) is 12.8 Å². The number of aryl methyl sites for hydroxylation is 1. The van der Waals surface area contributed by atoms with Gasteiger partial charge in [-0.1, -0.05) is 121 Å². The maximum Gasteiger partial charge on any atom is 0.0548 e. The predicted octanol–water partition coefficient (Wildman–Crippen LogP) is 15.7. The van der Waals surface area contributed by atoms with Gasteiger partial charge in [-0.05, 0) is 141 Å². The van der Waals surface area contributed by atoms with Crippen LogP contribution in [0.15, 0.2) is 164 Å². The van der Waals surface area contributed by atoms with E-state index in [2.05, 4.69) is 200 Å². The third-order valence-corrected chi connectivity index (χ3v) is 14.2. The predicted molar refractivity (Wildman–Crippen MR) is 260 cm³/mol. The van der Waals surface area contributed by atoms with Crippen LogP contribution < -0.4 is 0 Å². The lowest BCUT2D eigenvalue weighted by atomic mass is 9.83. The summed E-state index contributed by atoms with van der Waals surface area (Å²) in [6.07, 6.45) is 27.4. The summed E-state index contributed by atoms with van der Waals surface area (Å²) in [5.41, 5.74) is 18.3. The molecule has 0 amide bonds. The molecule has 0 saturated carbocycles. The number of hydrogen-bond donors (Lipinski definition) is 0. The van der Waals surface area contributed by atoms with Crippen molar-refractivity contribution in [2.75, 3.05) is 0 Å². The Morgan fingerprint density at radius 1 is 0.733 bits per heavy atom. The van der Waals surface area contributed by atoms with Crippen LogP contribution in [0.25, 0.3) is 71.1 Å². The van der Waals surface area contributed by atoms with Crippen LogP contribution in [0, 0.1) is 6.92 Å². The van der Waals surface area contributed by atoms with Crippen LogP contribution >= 0.6 is 11.3 Å². The first-order valence-electron chi connectivity index (χ1n) is 21.5. The Morgan fingerprint density at radius 3 is 2.40 bits per heavy atom. The maximum atomic E-state index is 4.28. The molecule has 60 heavy (non-hydrogen) atoms. The van der Waals surface area contributed by atoms with Gasteiger partial charge in [0.05, 0.1) is 11.0 Å². The van der Waals surface area contributed by atoms with Crippen molar-refractivity contribution in [3.63, 3.8) is 0 Å². The lowest BCUT2D eigenvalue weighted by molar-refractivity contribution is 0.808. The van der Waals surface area contributed by atoms with E-state index in [1.165, 1.54) is 104 Å². The molecule has 0 radical (unpaired) electrons. The van der Waals surface area contributed by atoms with Crippen molar-refractivity contribution >= 4 is 76.7 Å². The van der Waals surface area contributed by atoms with Gasteiger partial charge in [0.25, 0.3) is 0 Å². The molecule has 11 rings (SSSR count). The highest BCUT2D eigenvalue weighted by Crippen LogP contribution is 2.45. The summed E-state index contributed by atoms with van der Waals surface area (Å²) in [4.78, 5) is 0. The van der Waals surface area contributed by atoms with Crippen molar-refractivity contribution < 1.29 is 0 Å². The number of nitrogens with zero attached hydrogens (tertiary/aromatic N) is 2. The summed E-state index contributed by atoms with van der Waals surface area (Å²) < 4.78 is 7.70. The van der Waals surface area contributed by atoms with Crippen LogP contribution in [-0.4, -0.2) is 9.13 Å². The zero-order valence-corrected chi connectivity index (χ0v) is 35.4. The van der Waals surface area contributed by atoms with Crippen molar-refractivity contribution in [1.82, 2.24) is 9.13 Å². The molecule has 2 atom stereocenters. The normalized spacial score (nSPS) is 17.6. The van der Waals surface area contributed by atoms with E-state index >= 15 is 0 Å². The first-order chi connectivity index (χ1) is 29.4. The highest BCUT2D eigenvalue weighted by molar-refractivity contribution is 7.26. The van der Waals surface area contributed by atoms with Crippen molar-refractivity contribution in [1.29, 1.82) is 0 Å². The number of allylic oxidation sites excluding steroid dienone is 11. The average Bonchev–Trinajstić information content (AvgIpc) is 3.94. The summed E-state index contributed by atoms with van der Waals surface area (Å²) in [5.74, 6) is 0.666. The lowest BCUT2D eigenvalue weighted by Crippen LogP contribution is -2.09. The molecule has 8 aromatic rings. The number of hydrogen-bond acceptors (Lipinski definition) is 1. The second-order valence-electron chi connectivity index (χ2n) is 16.9. The Hall–Kier alpha value is -6.42. The molecule has 292 valence electrons. The SMILES string of the molecule is C=C(C)/C(=C\C=C/C)c1cccc(C2C=Cc3c(c4c(n3C3=CCC(c5ccc(-n6c7ccc(C)cc7c7c8c(ccc76)sc6ccccc68)cc5)C=C3)C=CCC4)C2)c1. The quantitative estimate of drug-likeness (QED) is 0.142. The van der Waals surface area contributed by atoms with E-state index in [9.17, 15) is 0 Å². The van der Waals surface area contributed by atoms with E-state index in [0.29, 0.717) is 11.8 Å². The Labute approximate surface area is 356 Å². The zero-order valence-electron chi connectivity index (χ0n) is 34.6. The molecule has 3 heterocycles. The van der Waals surface area contributed by atoms with Crippen LogP contribution in [0.1, 0.15) is 83.3 Å². The Balaban J connectivity index is 0.893. The molecular weight excluding hydrogens is 745 g/mol. The Morgan fingerprint density at radius 2 is 1.57 bits per heavy atom. The highest BCUT2D eigenvalue weighted by Gasteiger charge is 2.28. The molecule has 2 unspecified atom stereocenters. The summed E-state index contributed by atoms with van der Waals surface area (Å²) in [5, 5.41) is 5.40. The Kier molecular flexibility index (Phi) is 8.97. The summed E-state index contributed by atoms with van der Waals surface area (Å²) in [7, 11) is 0. The number of rotatable bonds is 7. The van der Waals surface area contributed by atoms with Crippen LogP contribution in [0.2, 0.25) is 0 Å². The third-order valence-electron chi connectivity index (χ3n) is 13.1. The molecule has 2 nitrogen and oxygen atoms in total. The van der Waals surface area contributed by atoms with Gasteiger partial charge in [-0.15, -0.1) is 11.3 Å². The Bertz CT molecular complexity index is 3250. The highest BCUT2D eigenvalue weighted by atomic mass is 32.1. The van der Waals surface area contributed by atoms with Gasteiger partial charge in [0.1, 0.15) is 0 Å². The molecule has 3 heteroatoms. The van der Waals surface area contributed by atoms with Gasteiger partial charge in [0.15, 0.2) is 0 Å². The van der Waals surface area contributed by atoms with E-state index in [4.69, 9.17) is 0 Å². The van der Waals surface area contributed by atoms with E-state index in [1.807, 2.05) is 11.3 Å². The van der Waals surface area contributed by atoms with Gasteiger partial charge < -0.3 is 9.13 Å². The second kappa shape index (κ2) is 14.7. The molecule has 3 aromatic heterocycles. The fraction of sp³-hybridized carbons (Fsp3) is 0.158. The lowest BCUT2D eigenvalue weighted by Gasteiger charge is -2.23. The molecule has 0 N–H and O–H groups in total. The van der Waals surface area contributed by atoms with Gasteiger partial charge in [-0.3, -0.25) is 0 Å². The minimum Gasteiger partial charge on any atom is -0.310 e. The molecule has 0 fully saturated rings. The molecule has 0 aliphatic heterocycles. The summed E-state index contributed by atoms with van der Waals surface area (Å²) >= 11 is 1.89. The van der Waals surface area contributed by atoms with Gasteiger partial charge in [0, 0.05) is 65.6 Å². The largest absolute Gasteiger partial charge is 0.310 e. The third kappa shape index (κ3) is 5.98. The fourth-order valence-corrected chi connectivity index (χ4v) is 11.3. The number of fused-ring (bicyclic) bond motifs is 10. The minimum absolute atomic E-state index is 0.330. The van der Waals surface area contributed by atoms with Gasteiger partial charge >= 0.3 is 0 Å². The van der Waals surface area contributed by atoms with Gasteiger partial charge in [-0.2, -0.15) is 0 Å². The van der Waals surface area contributed by atoms with Crippen molar-refractivity contribution in [3.05, 3.63) is 209 Å². The first-order valence-corrected chi connectivity index (χ1v) is 22.3. The van der Waals surface area contributed by atoms with E-state index in [-0.39, 0.29) is 0 Å². The number of aromatic nitrogens is 2. The van der Waals surface area contributed by atoms with Crippen LogP contribution in [0.5, 0.6) is 0 Å². The summed E-state index contributed by atoms with van der Waals surface area (Å²) in [6.45, 7) is 10.6. The molecule has 3 aliphatic carbocycles. The zero-order chi connectivity index (χ0) is 40.5. The monoisotopic (exact) mass is 792 g/mol. The molecule has 0 bridgehead atoms. The first kappa shape index (κ1) is 36.6. The fourth-order valence-electron chi connectivity index (χ4n) is 10.2. The summed E-state index contributed by atoms with van der Waals surface area (Å²) in [6, 6.07) is 38.9. The van der Waals surface area contributed by atoms with Gasteiger partial charge in [0.2, 0.25) is 0 Å². The number of thiophene rings is 1. The minimum atomic E-state index is 0.330. The topological polar surface area (TPSA) is 9.86 Å². The van der Waals surface area contributed by atoms with E-state index in [1.54, 1.807) is 0 Å². The van der Waals surface area contributed by atoms with Crippen molar-refractivity contribution in [2.45, 2.75) is 58.3 Å². The van der Waals surface area contributed by atoms with Crippen LogP contribution in [0.3, 0.4) is 0 Å². The standard InChI is InChI=1S/C57H48N2S/c1-5-6-14-45(36(2)3)42-13-11-12-40(34-42)41-24-30-51-48(35-41)46-15-7-9-17-50(46)58(51)43-25-20-38(21-26-43)39-22-27-44(28-23-39)59-52-29-19-37(4)33-49(52)56-53(59)31-32-55-57(56)47-16-8-10-18-54(47)60-55/h5-6,8-14,16-20,22-34,38,41H,2,7,15,21,35H2,1,3-4H3/b6-5-,45-14+. The maximum absolute atomic E-state index is 4.28. The van der Waals surface area contributed by atoms with Gasteiger partial charge in [-0.25, -0.2) is 0 Å². The molecule has 3 aliphatic rings. The van der Waals surface area contributed by atoms with Crippen LogP contribution in [0.4, 0.5) is 0 Å². The van der Waals surface area contributed by atoms with E-state index in [0.717, 1.165) is 31.3 Å². The second-order valence-corrected chi connectivity index (χ2v) is 18.0. The van der Waals surface area contributed by atoms with Crippen molar-refractivity contribution in [2.24, 2.45) is 0 Å². The van der Waals surface area contributed by atoms with Crippen molar-refractivity contribution in [3.8, 4) is 5.69 Å². The smallest absolute Gasteiger partial charge is 0.0548 e. The number of benzene rings is 5. The average molecular weight is 793 g/mol. The molecule has 0 spiro atoms. The molecule has 0 saturated heterocycles.